The number of guanidine groups is 1. The molecule has 0 amide bonds. The maximum atomic E-state index is 13.0. The Morgan fingerprint density at radius 3 is 2.58 bits per heavy atom. The number of halogens is 2. The minimum absolute atomic E-state index is 0. The molecule has 3 rings (SSSR count). The molecule has 1 fully saturated rings. The van der Waals surface area contributed by atoms with Crippen LogP contribution < -0.4 is 11.1 Å². The number of oxazole rings is 1. The van der Waals surface area contributed by atoms with Gasteiger partial charge in [0, 0.05) is 24.6 Å². The van der Waals surface area contributed by atoms with E-state index < -0.39 is 0 Å². The molecule has 0 aliphatic heterocycles. The molecule has 0 atom stereocenters. The second-order valence-electron chi connectivity index (χ2n) is 6.50. The highest BCUT2D eigenvalue weighted by Gasteiger charge is 2.12. The van der Waals surface area contributed by atoms with Crippen LogP contribution in [0.3, 0.4) is 0 Å². The van der Waals surface area contributed by atoms with Gasteiger partial charge in [0.15, 0.2) is 5.96 Å². The van der Waals surface area contributed by atoms with Gasteiger partial charge in [-0.2, -0.15) is 0 Å². The van der Waals surface area contributed by atoms with Crippen LogP contribution in [-0.2, 0) is 6.42 Å². The first-order valence-corrected chi connectivity index (χ1v) is 8.97. The summed E-state index contributed by atoms with van der Waals surface area (Å²) in [4.78, 5) is 8.81. The topological polar surface area (TPSA) is 76.4 Å². The third-order valence-corrected chi connectivity index (χ3v) is 4.50. The molecule has 3 N–H and O–H groups in total. The summed E-state index contributed by atoms with van der Waals surface area (Å²) in [6.45, 7) is 0.556. The van der Waals surface area contributed by atoms with E-state index in [-0.39, 0.29) is 29.8 Å². The molecule has 26 heavy (non-hydrogen) atoms. The zero-order valence-corrected chi connectivity index (χ0v) is 17.1. The molecule has 1 aromatic heterocycles. The van der Waals surface area contributed by atoms with Crippen molar-refractivity contribution in [3.05, 3.63) is 42.0 Å². The van der Waals surface area contributed by atoms with Crippen LogP contribution in [0.1, 0.15) is 44.2 Å². The number of hydrogen-bond acceptors (Lipinski definition) is 3. The maximum Gasteiger partial charge on any atom is 0.226 e. The predicted octanol–water partition coefficient (Wildman–Crippen LogP) is 4.27. The van der Waals surface area contributed by atoms with E-state index in [4.69, 9.17) is 10.2 Å². The van der Waals surface area contributed by atoms with Gasteiger partial charge in [-0.05, 0) is 37.1 Å². The SMILES string of the molecule is I.NC(=NCCc1coc(-c2ccc(F)cc2)n1)NC1CCCCCC1. The highest BCUT2D eigenvalue weighted by atomic mass is 127. The molecule has 2 aromatic rings. The number of aromatic nitrogens is 1. The molecular weight excluding hydrogens is 446 g/mol. The van der Waals surface area contributed by atoms with Crippen molar-refractivity contribution in [2.24, 2.45) is 10.7 Å². The molecule has 1 heterocycles. The van der Waals surface area contributed by atoms with E-state index in [0.717, 1.165) is 11.3 Å². The lowest BCUT2D eigenvalue weighted by Gasteiger charge is -2.16. The fourth-order valence-electron chi connectivity index (χ4n) is 3.12. The van der Waals surface area contributed by atoms with Crippen LogP contribution in [0.15, 0.2) is 39.9 Å². The van der Waals surface area contributed by atoms with Gasteiger partial charge in [-0.3, -0.25) is 4.99 Å². The summed E-state index contributed by atoms with van der Waals surface area (Å²) in [7, 11) is 0. The first kappa shape index (κ1) is 20.7. The van der Waals surface area contributed by atoms with Crippen LogP contribution in [0, 0.1) is 5.82 Å². The van der Waals surface area contributed by atoms with Crippen molar-refractivity contribution in [1.82, 2.24) is 10.3 Å². The Hall–Kier alpha value is -1.64. The van der Waals surface area contributed by atoms with Gasteiger partial charge in [-0.15, -0.1) is 24.0 Å². The molecule has 0 spiro atoms. The lowest BCUT2D eigenvalue weighted by Crippen LogP contribution is -2.40. The first-order chi connectivity index (χ1) is 12.2. The number of nitrogens with one attached hydrogen (secondary N) is 1. The molecule has 1 saturated carbocycles. The molecule has 0 saturated heterocycles. The lowest BCUT2D eigenvalue weighted by molar-refractivity contribution is 0.530. The Kier molecular flexibility index (Phi) is 8.34. The molecule has 0 bridgehead atoms. The second kappa shape index (κ2) is 10.5. The van der Waals surface area contributed by atoms with Crippen LogP contribution in [0.2, 0.25) is 0 Å². The van der Waals surface area contributed by atoms with Crippen molar-refractivity contribution in [2.45, 2.75) is 51.0 Å². The molecular formula is C19H26FIN4O. The summed E-state index contributed by atoms with van der Waals surface area (Å²) >= 11 is 0. The molecule has 5 nitrogen and oxygen atoms in total. The molecule has 7 heteroatoms. The van der Waals surface area contributed by atoms with E-state index in [1.54, 1.807) is 18.4 Å². The van der Waals surface area contributed by atoms with Gasteiger partial charge in [0.05, 0.1) is 5.69 Å². The van der Waals surface area contributed by atoms with Gasteiger partial charge in [0.25, 0.3) is 0 Å². The van der Waals surface area contributed by atoms with Crippen LogP contribution in [-0.4, -0.2) is 23.5 Å². The maximum absolute atomic E-state index is 13.0. The van der Waals surface area contributed by atoms with Crippen molar-refractivity contribution in [2.75, 3.05) is 6.54 Å². The van der Waals surface area contributed by atoms with E-state index in [0.29, 0.717) is 30.9 Å². The van der Waals surface area contributed by atoms with Gasteiger partial charge in [-0.25, -0.2) is 9.37 Å². The van der Waals surface area contributed by atoms with E-state index >= 15 is 0 Å². The Bertz CT molecular complexity index is 694. The standard InChI is InChI=1S/C19H25FN4O.HI/c20-15-9-7-14(8-10-15)18-23-17(13-25-18)11-12-22-19(21)24-16-5-3-1-2-4-6-16;/h7-10,13,16H,1-6,11-12H2,(H3,21,22,24);1H. The van der Waals surface area contributed by atoms with Crippen molar-refractivity contribution < 1.29 is 8.81 Å². The van der Waals surface area contributed by atoms with Gasteiger partial charge < -0.3 is 15.5 Å². The molecule has 142 valence electrons. The molecule has 0 unspecified atom stereocenters. The van der Waals surface area contributed by atoms with Crippen molar-refractivity contribution in [3.63, 3.8) is 0 Å². The number of hydrogen-bond donors (Lipinski definition) is 2. The number of nitrogens with two attached hydrogens (primary N) is 1. The average molecular weight is 472 g/mol. The summed E-state index contributed by atoms with van der Waals surface area (Å²) in [6, 6.07) is 6.53. The fourth-order valence-corrected chi connectivity index (χ4v) is 3.12. The van der Waals surface area contributed by atoms with Gasteiger partial charge in [0.2, 0.25) is 5.89 Å². The Labute approximate surface area is 170 Å². The van der Waals surface area contributed by atoms with Gasteiger partial charge >= 0.3 is 0 Å². The van der Waals surface area contributed by atoms with Gasteiger partial charge in [0.1, 0.15) is 12.1 Å². The molecule has 1 aliphatic rings. The van der Waals surface area contributed by atoms with Crippen LogP contribution in [0.25, 0.3) is 11.5 Å². The lowest BCUT2D eigenvalue weighted by atomic mass is 10.1. The largest absolute Gasteiger partial charge is 0.444 e. The highest BCUT2D eigenvalue weighted by Crippen LogP contribution is 2.19. The molecule has 1 aliphatic carbocycles. The van der Waals surface area contributed by atoms with E-state index in [1.807, 2.05) is 0 Å². The zero-order chi connectivity index (χ0) is 17.5. The minimum atomic E-state index is -0.276. The van der Waals surface area contributed by atoms with Gasteiger partial charge in [-0.1, -0.05) is 25.7 Å². The summed E-state index contributed by atoms with van der Waals surface area (Å²) in [5.74, 6) is 0.721. The third-order valence-electron chi connectivity index (χ3n) is 4.50. The number of rotatable bonds is 5. The number of nitrogens with zero attached hydrogens (tertiary/aromatic N) is 2. The first-order valence-electron chi connectivity index (χ1n) is 8.97. The van der Waals surface area contributed by atoms with Crippen LogP contribution >= 0.6 is 24.0 Å². The summed E-state index contributed by atoms with van der Waals surface area (Å²) in [5, 5.41) is 3.33. The zero-order valence-electron chi connectivity index (χ0n) is 14.8. The van der Waals surface area contributed by atoms with E-state index in [9.17, 15) is 4.39 Å². The van der Waals surface area contributed by atoms with Crippen molar-refractivity contribution >= 4 is 29.9 Å². The number of aliphatic imine (C=N–C) groups is 1. The minimum Gasteiger partial charge on any atom is -0.444 e. The average Bonchev–Trinajstić information content (AvgIpc) is 2.92. The van der Waals surface area contributed by atoms with Crippen molar-refractivity contribution in [3.8, 4) is 11.5 Å². The van der Waals surface area contributed by atoms with Crippen LogP contribution in [0.5, 0.6) is 0 Å². The normalized spacial score (nSPS) is 16.0. The highest BCUT2D eigenvalue weighted by molar-refractivity contribution is 14.0. The quantitative estimate of drug-likeness (QED) is 0.295. The molecule has 1 aromatic carbocycles. The summed E-state index contributed by atoms with van der Waals surface area (Å²) in [5.41, 5.74) is 7.56. The van der Waals surface area contributed by atoms with Crippen molar-refractivity contribution in [1.29, 1.82) is 0 Å². The Balaban J connectivity index is 0.00000243. The van der Waals surface area contributed by atoms with Crippen LogP contribution in [0.4, 0.5) is 4.39 Å². The summed E-state index contributed by atoms with van der Waals surface area (Å²) in [6.07, 6.45) is 9.75. The monoisotopic (exact) mass is 472 g/mol. The smallest absolute Gasteiger partial charge is 0.226 e. The Morgan fingerprint density at radius 2 is 1.88 bits per heavy atom. The Morgan fingerprint density at radius 1 is 1.19 bits per heavy atom. The van der Waals surface area contributed by atoms with E-state index in [1.165, 1.54) is 50.7 Å². The molecule has 0 radical (unpaired) electrons. The third kappa shape index (κ3) is 6.26. The predicted molar refractivity (Wildman–Crippen MR) is 112 cm³/mol. The van der Waals surface area contributed by atoms with E-state index in [2.05, 4.69) is 15.3 Å². The number of benzene rings is 1. The fraction of sp³-hybridized carbons (Fsp3) is 0.474. The summed E-state index contributed by atoms with van der Waals surface area (Å²) < 4.78 is 18.4. The second-order valence-corrected chi connectivity index (χ2v) is 6.50.